The van der Waals surface area contributed by atoms with E-state index in [1.165, 1.54) is 4.70 Å². The van der Waals surface area contributed by atoms with Gasteiger partial charge in [-0.2, -0.15) is 5.10 Å². The Morgan fingerprint density at radius 2 is 2.05 bits per heavy atom. The number of aromatic nitrogens is 1. The van der Waals surface area contributed by atoms with Crippen molar-refractivity contribution in [1.29, 1.82) is 0 Å². The van der Waals surface area contributed by atoms with Crippen molar-refractivity contribution in [2.24, 2.45) is 17.3 Å². The first-order valence-electron chi connectivity index (χ1n) is 6.25. The van der Waals surface area contributed by atoms with Crippen LogP contribution in [-0.4, -0.2) is 15.9 Å². The number of aryl methyl sites for hydroxylation is 1. The minimum atomic E-state index is 0.179. The van der Waals surface area contributed by atoms with Crippen molar-refractivity contribution >= 4 is 43.7 Å². The first kappa shape index (κ1) is 14.0. The molecule has 0 aliphatic heterocycles. The van der Waals surface area contributed by atoms with Crippen LogP contribution in [0.1, 0.15) is 5.56 Å². The third kappa shape index (κ3) is 2.91. The fourth-order valence-corrected chi connectivity index (χ4v) is 3.30. The Morgan fingerprint density at radius 1 is 1.24 bits per heavy atom. The summed E-state index contributed by atoms with van der Waals surface area (Å²) >= 11 is 4.94. The fraction of sp³-hybridized carbons (Fsp3) is 0.0667. The van der Waals surface area contributed by atoms with E-state index in [9.17, 15) is 5.11 Å². The van der Waals surface area contributed by atoms with Crippen molar-refractivity contribution in [3.05, 3.63) is 57.3 Å². The van der Waals surface area contributed by atoms with E-state index in [1.54, 1.807) is 35.8 Å². The summed E-state index contributed by atoms with van der Waals surface area (Å²) in [6.07, 6.45) is 1.55. The number of benzene rings is 2. The molecule has 0 radical (unpaired) electrons. The molecule has 4 nitrogen and oxygen atoms in total. The highest BCUT2D eigenvalue weighted by molar-refractivity contribution is 9.10. The first-order chi connectivity index (χ1) is 10.1. The van der Waals surface area contributed by atoms with Crippen LogP contribution in [0.25, 0.3) is 10.2 Å². The quantitative estimate of drug-likeness (QED) is 0.549. The van der Waals surface area contributed by atoms with Crippen molar-refractivity contribution in [3.63, 3.8) is 0 Å². The van der Waals surface area contributed by atoms with E-state index >= 15 is 0 Å². The van der Waals surface area contributed by atoms with Crippen LogP contribution >= 0.6 is 27.3 Å². The second-order valence-corrected chi connectivity index (χ2v) is 6.38. The van der Waals surface area contributed by atoms with Crippen molar-refractivity contribution in [2.45, 2.75) is 0 Å². The SMILES string of the molecule is Cn1c(=NN=Cc2cc(Br)ccc2O)sc2ccccc21. The largest absolute Gasteiger partial charge is 0.507 e. The summed E-state index contributed by atoms with van der Waals surface area (Å²) in [5, 5.41) is 18.1. The molecule has 0 saturated heterocycles. The highest BCUT2D eigenvalue weighted by Crippen LogP contribution is 2.20. The monoisotopic (exact) mass is 361 g/mol. The molecule has 0 atom stereocenters. The Hall–Kier alpha value is -1.92. The minimum Gasteiger partial charge on any atom is -0.507 e. The van der Waals surface area contributed by atoms with Gasteiger partial charge in [0.25, 0.3) is 0 Å². The van der Waals surface area contributed by atoms with E-state index in [2.05, 4.69) is 38.3 Å². The van der Waals surface area contributed by atoms with Gasteiger partial charge in [-0.15, -0.1) is 5.10 Å². The molecule has 0 aliphatic carbocycles. The number of halogens is 1. The standard InChI is InChI=1S/C15H12BrN3OS/c1-19-12-4-2-3-5-14(12)21-15(19)18-17-9-10-8-11(16)6-7-13(10)20/h2-9,20H,1H3. The lowest BCUT2D eigenvalue weighted by Gasteiger charge is -1.97. The maximum Gasteiger partial charge on any atom is 0.211 e. The Labute approximate surface area is 133 Å². The van der Waals surface area contributed by atoms with Gasteiger partial charge in [0, 0.05) is 17.1 Å². The number of phenolic OH excluding ortho intramolecular Hbond substituents is 1. The lowest BCUT2D eigenvalue weighted by molar-refractivity contribution is 0.474. The average Bonchev–Trinajstić information content (AvgIpc) is 2.80. The van der Waals surface area contributed by atoms with Crippen LogP contribution < -0.4 is 4.80 Å². The van der Waals surface area contributed by atoms with Gasteiger partial charge in [-0.25, -0.2) is 0 Å². The van der Waals surface area contributed by atoms with Gasteiger partial charge < -0.3 is 9.67 Å². The number of nitrogens with zero attached hydrogens (tertiary/aromatic N) is 3. The van der Waals surface area contributed by atoms with Crippen LogP contribution in [-0.2, 0) is 7.05 Å². The maximum absolute atomic E-state index is 9.74. The van der Waals surface area contributed by atoms with E-state index < -0.39 is 0 Å². The molecule has 1 N–H and O–H groups in total. The number of hydrogen-bond acceptors (Lipinski definition) is 4. The third-order valence-electron chi connectivity index (χ3n) is 3.04. The van der Waals surface area contributed by atoms with E-state index in [1.807, 2.05) is 23.7 Å². The van der Waals surface area contributed by atoms with Gasteiger partial charge in [0.2, 0.25) is 4.80 Å². The molecule has 0 amide bonds. The number of phenols is 1. The zero-order valence-corrected chi connectivity index (χ0v) is 13.6. The molecular formula is C15H12BrN3OS. The first-order valence-corrected chi connectivity index (χ1v) is 7.86. The maximum atomic E-state index is 9.74. The smallest absolute Gasteiger partial charge is 0.211 e. The highest BCUT2D eigenvalue weighted by atomic mass is 79.9. The summed E-state index contributed by atoms with van der Waals surface area (Å²) in [7, 11) is 1.96. The lowest BCUT2D eigenvalue weighted by Crippen LogP contribution is -2.08. The van der Waals surface area contributed by atoms with Crippen LogP contribution in [0.3, 0.4) is 0 Å². The van der Waals surface area contributed by atoms with Gasteiger partial charge in [0.05, 0.1) is 16.4 Å². The summed E-state index contributed by atoms with van der Waals surface area (Å²) in [6, 6.07) is 13.3. The van der Waals surface area contributed by atoms with Gasteiger partial charge in [-0.05, 0) is 30.3 Å². The number of para-hydroxylation sites is 1. The van der Waals surface area contributed by atoms with Crippen LogP contribution in [0.4, 0.5) is 0 Å². The zero-order valence-electron chi connectivity index (χ0n) is 11.2. The molecule has 3 aromatic rings. The van der Waals surface area contributed by atoms with Gasteiger partial charge in [-0.3, -0.25) is 0 Å². The highest BCUT2D eigenvalue weighted by Gasteiger charge is 2.01. The predicted molar refractivity (Wildman–Crippen MR) is 89.8 cm³/mol. The molecule has 3 rings (SSSR count). The van der Waals surface area contributed by atoms with Crippen LogP contribution in [0.5, 0.6) is 5.75 Å². The number of fused-ring (bicyclic) bond motifs is 1. The molecular weight excluding hydrogens is 350 g/mol. The molecule has 0 saturated carbocycles. The fourth-order valence-electron chi connectivity index (χ4n) is 1.95. The lowest BCUT2D eigenvalue weighted by atomic mass is 10.2. The van der Waals surface area contributed by atoms with E-state index in [-0.39, 0.29) is 5.75 Å². The summed E-state index contributed by atoms with van der Waals surface area (Å²) in [5.74, 6) is 0.179. The minimum absolute atomic E-state index is 0.179. The molecule has 0 bridgehead atoms. The van der Waals surface area contributed by atoms with Crippen LogP contribution in [0, 0.1) is 0 Å². The van der Waals surface area contributed by atoms with Crippen molar-refractivity contribution in [1.82, 2.24) is 4.57 Å². The number of hydrogen-bond donors (Lipinski definition) is 1. The molecule has 0 fully saturated rings. The van der Waals surface area contributed by atoms with Gasteiger partial charge in [-0.1, -0.05) is 39.4 Å². The van der Waals surface area contributed by atoms with Crippen molar-refractivity contribution in [3.8, 4) is 5.75 Å². The van der Waals surface area contributed by atoms with E-state index in [0.29, 0.717) is 5.56 Å². The number of rotatable bonds is 2. The molecule has 21 heavy (non-hydrogen) atoms. The van der Waals surface area contributed by atoms with Gasteiger partial charge >= 0.3 is 0 Å². The number of aromatic hydroxyl groups is 1. The average molecular weight is 362 g/mol. The molecule has 2 aromatic carbocycles. The normalized spacial score (nSPS) is 12.6. The molecule has 106 valence electrons. The summed E-state index contributed by atoms with van der Waals surface area (Å²) < 4.78 is 4.05. The molecule has 6 heteroatoms. The summed E-state index contributed by atoms with van der Waals surface area (Å²) in [6.45, 7) is 0. The Kier molecular flexibility index (Phi) is 3.90. The zero-order chi connectivity index (χ0) is 14.8. The Bertz CT molecular complexity index is 895. The Morgan fingerprint density at radius 3 is 2.86 bits per heavy atom. The van der Waals surface area contributed by atoms with Crippen molar-refractivity contribution in [2.75, 3.05) is 0 Å². The van der Waals surface area contributed by atoms with Gasteiger partial charge in [0.15, 0.2) is 0 Å². The second kappa shape index (κ2) is 5.83. The van der Waals surface area contributed by atoms with Crippen molar-refractivity contribution < 1.29 is 5.11 Å². The number of thiazole rings is 1. The molecule has 1 aromatic heterocycles. The predicted octanol–water partition coefficient (Wildman–Crippen LogP) is 3.64. The van der Waals surface area contributed by atoms with Crippen LogP contribution in [0.15, 0.2) is 57.1 Å². The topological polar surface area (TPSA) is 49.9 Å². The Balaban J connectivity index is 1.99. The molecule has 0 spiro atoms. The molecule has 1 heterocycles. The summed E-state index contributed by atoms with van der Waals surface area (Å²) in [5.41, 5.74) is 1.75. The molecule has 0 unspecified atom stereocenters. The van der Waals surface area contributed by atoms with E-state index in [0.717, 1.165) is 14.8 Å². The second-order valence-electron chi connectivity index (χ2n) is 4.46. The van der Waals surface area contributed by atoms with Gasteiger partial charge in [0.1, 0.15) is 5.75 Å². The summed E-state index contributed by atoms with van der Waals surface area (Å²) in [4.78, 5) is 0.807. The van der Waals surface area contributed by atoms with Crippen LogP contribution in [0.2, 0.25) is 0 Å². The molecule has 0 aliphatic rings. The van der Waals surface area contributed by atoms with E-state index in [4.69, 9.17) is 0 Å². The third-order valence-corrected chi connectivity index (χ3v) is 4.64.